The van der Waals surface area contributed by atoms with E-state index >= 15 is 0 Å². The van der Waals surface area contributed by atoms with Gasteiger partial charge >= 0.3 is 5.97 Å². The lowest BCUT2D eigenvalue weighted by molar-refractivity contribution is -0.148. The lowest BCUT2D eigenvalue weighted by atomic mass is 9.68. The van der Waals surface area contributed by atoms with Crippen molar-refractivity contribution in [1.29, 1.82) is 0 Å². The van der Waals surface area contributed by atoms with Crippen molar-refractivity contribution < 1.29 is 14.7 Å². The van der Waals surface area contributed by atoms with Crippen LogP contribution in [0.2, 0.25) is 0 Å². The Bertz CT molecular complexity index is 349. The summed E-state index contributed by atoms with van der Waals surface area (Å²) < 4.78 is 0. The Kier molecular flexibility index (Phi) is 6.36. The molecule has 0 radical (unpaired) electrons. The Morgan fingerprint density at radius 3 is 2.05 bits per heavy atom. The molecule has 20 heavy (non-hydrogen) atoms. The van der Waals surface area contributed by atoms with Gasteiger partial charge in [-0.25, -0.2) is 0 Å². The predicted octanol–water partition coefficient (Wildman–Crippen LogP) is 2.22. The third kappa shape index (κ3) is 5.59. The molecule has 0 aliphatic carbocycles. The number of carbonyl (C=O) groups excluding carboxylic acids is 1. The molecule has 3 N–H and O–H groups in total. The highest BCUT2D eigenvalue weighted by molar-refractivity contribution is 5.73. The third-order valence-corrected chi connectivity index (χ3v) is 3.79. The molecule has 5 heteroatoms. The largest absolute Gasteiger partial charge is 0.481 e. The number of hydrogen-bond acceptors (Lipinski definition) is 4. The third-order valence-electron chi connectivity index (χ3n) is 3.79. The Morgan fingerprint density at radius 2 is 1.70 bits per heavy atom. The van der Waals surface area contributed by atoms with Crippen molar-refractivity contribution in [3.63, 3.8) is 0 Å². The molecule has 5 nitrogen and oxygen atoms in total. The number of aldehydes is 1. The Labute approximate surface area is 122 Å². The molecule has 0 aromatic heterocycles. The van der Waals surface area contributed by atoms with Crippen molar-refractivity contribution in [1.82, 2.24) is 10.9 Å². The molecule has 0 saturated heterocycles. The van der Waals surface area contributed by atoms with Gasteiger partial charge in [-0.1, -0.05) is 27.7 Å². The highest BCUT2D eigenvalue weighted by Gasteiger charge is 2.40. The van der Waals surface area contributed by atoms with E-state index < -0.39 is 16.8 Å². The van der Waals surface area contributed by atoms with E-state index in [2.05, 4.69) is 24.7 Å². The fourth-order valence-corrected chi connectivity index (χ4v) is 2.63. The molecular formula is C15H30N2O3. The van der Waals surface area contributed by atoms with Crippen molar-refractivity contribution in [2.45, 2.75) is 60.4 Å². The van der Waals surface area contributed by atoms with E-state index in [0.717, 1.165) is 6.29 Å². The van der Waals surface area contributed by atoms with E-state index in [4.69, 9.17) is 0 Å². The standard InChI is InChI=1S/C15H30N2O3/c1-13(2,10-18)9-15(5,6)11(17-16-7)8-14(3,4)12(19)20/h10-11,16-17H,8-9H2,1-7H3,(H,19,20). The van der Waals surface area contributed by atoms with Crippen LogP contribution < -0.4 is 10.9 Å². The molecule has 0 aromatic rings. The van der Waals surface area contributed by atoms with Crippen LogP contribution in [-0.2, 0) is 9.59 Å². The fourth-order valence-electron chi connectivity index (χ4n) is 2.63. The number of carbonyl (C=O) groups is 2. The average Bonchev–Trinajstić information content (AvgIpc) is 2.26. The second-order valence-electron chi connectivity index (χ2n) is 7.61. The number of hydrogen-bond donors (Lipinski definition) is 3. The molecule has 118 valence electrons. The molecular weight excluding hydrogens is 256 g/mol. The van der Waals surface area contributed by atoms with Gasteiger partial charge in [0.2, 0.25) is 0 Å². The molecule has 1 atom stereocenters. The monoisotopic (exact) mass is 286 g/mol. The minimum absolute atomic E-state index is 0.0576. The van der Waals surface area contributed by atoms with Crippen LogP contribution in [0.15, 0.2) is 0 Å². The number of hydrazine groups is 1. The number of carboxylic acids is 1. The molecule has 0 bridgehead atoms. The van der Waals surface area contributed by atoms with Gasteiger partial charge in [0.05, 0.1) is 5.41 Å². The Hall–Kier alpha value is -0.940. The molecule has 0 aromatic carbocycles. The van der Waals surface area contributed by atoms with Gasteiger partial charge in [-0.05, 0) is 39.2 Å². The fraction of sp³-hybridized carbons (Fsp3) is 0.867. The molecule has 0 rings (SSSR count). The van der Waals surface area contributed by atoms with E-state index in [1.54, 1.807) is 20.9 Å². The van der Waals surface area contributed by atoms with Crippen LogP contribution in [0.3, 0.4) is 0 Å². The van der Waals surface area contributed by atoms with Gasteiger partial charge in [0.25, 0.3) is 0 Å². The van der Waals surface area contributed by atoms with Crippen molar-refractivity contribution in [2.24, 2.45) is 16.2 Å². The van der Waals surface area contributed by atoms with E-state index in [1.807, 2.05) is 13.8 Å². The maximum atomic E-state index is 11.3. The topological polar surface area (TPSA) is 78.4 Å². The van der Waals surface area contributed by atoms with Crippen LogP contribution in [0, 0.1) is 16.2 Å². The summed E-state index contributed by atoms with van der Waals surface area (Å²) in [5.41, 5.74) is 4.59. The van der Waals surface area contributed by atoms with Gasteiger partial charge in [-0.2, -0.15) is 0 Å². The predicted molar refractivity (Wildman–Crippen MR) is 80.3 cm³/mol. The number of rotatable bonds is 9. The first-order valence-corrected chi connectivity index (χ1v) is 7.00. The van der Waals surface area contributed by atoms with E-state index in [0.29, 0.717) is 12.8 Å². The Morgan fingerprint density at radius 1 is 1.20 bits per heavy atom. The maximum Gasteiger partial charge on any atom is 0.309 e. The molecule has 0 fully saturated rings. The van der Waals surface area contributed by atoms with Gasteiger partial charge in [0.15, 0.2) is 0 Å². The van der Waals surface area contributed by atoms with E-state index in [1.165, 1.54) is 0 Å². The van der Waals surface area contributed by atoms with E-state index in [9.17, 15) is 14.7 Å². The Balaban J connectivity index is 5.15. The number of nitrogens with one attached hydrogen (secondary N) is 2. The van der Waals surface area contributed by atoms with Crippen molar-refractivity contribution in [3.05, 3.63) is 0 Å². The van der Waals surface area contributed by atoms with Gasteiger partial charge in [0.1, 0.15) is 6.29 Å². The zero-order valence-electron chi connectivity index (χ0n) is 13.8. The summed E-state index contributed by atoms with van der Waals surface area (Å²) in [7, 11) is 1.77. The molecule has 0 saturated carbocycles. The summed E-state index contributed by atoms with van der Waals surface area (Å²) in [6.45, 7) is 11.4. The van der Waals surface area contributed by atoms with Crippen molar-refractivity contribution >= 4 is 12.3 Å². The second kappa shape index (κ2) is 6.68. The molecule has 0 heterocycles. The lowest BCUT2D eigenvalue weighted by Gasteiger charge is -2.41. The normalized spacial score (nSPS) is 14.9. The summed E-state index contributed by atoms with van der Waals surface area (Å²) >= 11 is 0. The first-order valence-electron chi connectivity index (χ1n) is 7.00. The smallest absolute Gasteiger partial charge is 0.309 e. The van der Waals surface area contributed by atoms with Gasteiger partial charge in [-0.15, -0.1) is 0 Å². The summed E-state index contributed by atoms with van der Waals surface area (Å²) in [4.78, 5) is 22.5. The summed E-state index contributed by atoms with van der Waals surface area (Å²) in [5.74, 6) is -0.814. The first kappa shape index (κ1) is 19.1. The maximum absolute atomic E-state index is 11.3. The molecule has 0 spiro atoms. The van der Waals surface area contributed by atoms with Crippen LogP contribution >= 0.6 is 0 Å². The zero-order valence-corrected chi connectivity index (χ0v) is 13.8. The number of aliphatic carboxylic acids is 1. The van der Waals surface area contributed by atoms with Gasteiger partial charge in [-0.3, -0.25) is 15.6 Å². The highest BCUT2D eigenvalue weighted by atomic mass is 16.4. The van der Waals surface area contributed by atoms with Crippen LogP contribution in [-0.4, -0.2) is 30.5 Å². The SMILES string of the molecule is CNNC(CC(C)(C)C(=O)O)C(C)(C)CC(C)(C)C=O. The minimum Gasteiger partial charge on any atom is -0.481 e. The van der Waals surface area contributed by atoms with Crippen LogP contribution in [0.25, 0.3) is 0 Å². The zero-order chi connectivity index (χ0) is 16.2. The second-order valence-corrected chi connectivity index (χ2v) is 7.61. The van der Waals surface area contributed by atoms with Gasteiger partial charge in [0, 0.05) is 11.5 Å². The van der Waals surface area contributed by atoms with Crippen LogP contribution in [0.5, 0.6) is 0 Å². The van der Waals surface area contributed by atoms with Crippen molar-refractivity contribution in [2.75, 3.05) is 7.05 Å². The molecule has 0 amide bonds. The number of carboxylic acid groups (broad SMARTS) is 1. The summed E-state index contributed by atoms with van der Waals surface area (Å²) in [6, 6.07) is -0.0576. The average molecular weight is 286 g/mol. The molecule has 0 aliphatic rings. The molecule has 0 aliphatic heterocycles. The first-order chi connectivity index (χ1) is 8.88. The quantitative estimate of drug-likeness (QED) is 0.447. The van der Waals surface area contributed by atoms with Crippen LogP contribution in [0.4, 0.5) is 0 Å². The summed E-state index contributed by atoms with van der Waals surface area (Å²) in [6.07, 6.45) is 2.12. The highest BCUT2D eigenvalue weighted by Crippen LogP contribution is 2.39. The minimum atomic E-state index is -0.822. The van der Waals surface area contributed by atoms with E-state index in [-0.39, 0.29) is 11.5 Å². The molecule has 1 unspecified atom stereocenters. The lowest BCUT2D eigenvalue weighted by Crippen LogP contribution is -2.51. The summed E-state index contributed by atoms with van der Waals surface area (Å²) in [5, 5.41) is 9.30. The van der Waals surface area contributed by atoms with Crippen molar-refractivity contribution in [3.8, 4) is 0 Å². The van der Waals surface area contributed by atoms with Crippen LogP contribution in [0.1, 0.15) is 54.4 Å². The van der Waals surface area contributed by atoms with Gasteiger partial charge < -0.3 is 9.90 Å².